The molecule has 1 aliphatic rings. The van der Waals surface area contributed by atoms with Crippen molar-refractivity contribution < 1.29 is 14.3 Å². The molecule has 1 fully saturated rings. The van der Waals surface area contributed by atoms with Crippen molar-refractivity contribution in [1.29, 1.82) is 0 Å². The number of amides is 2. The third-order valence-electron chi connectivity index (χ3n) is 5.42. The first-order valence-corrected chi connectivity index (χ1v) is 10.4. The number of aryl methyl sites for hydroxylation is 1. The highest BCUT2D eigenvalue weighted by atomic mass is 16.5. The minimum atomic E-state index is 0.0552. The maximum atomic E-state index is 12.6. The van der Waals surface area contributed by atoms with Crippen molar-refractivity contribution in [2.45, 2.75) is 39.7 Å². The average Bonchev–Trinajstić information content (AvgIpc) is 2.74. The summed E-state index contributed by atoms with van der Waals surface area (Å²) >= 11 is 0. The highest BCUT2D eigenvalue weighted by Crippen LogP contribution is 2.22. The summed E-state index contributed by atoms with van der Waals surface area (Å²) in [7, 11) is 0. The SMILES string of the molecule is CCOc1ccccc1CNC(=O)CC1CCN(C(=O)c2ccc(C)cc2)CC1. The van der Waals surface area contributed by atoms with E-state index in [9.17, 15) is 9.59 Å². The van der Waals surface area contributed by atoms with Crippen molar-refractivity contribution in [3.63, 3.8) is 0 Å². The average molecular weight is 395 g/mol. The Morgan fingerprint density at radius 1 is 1.07 bits per heavy atom. The van der Waals surface area contributed by atoms with Crippen LogP contribution in [0.2, 0.25) is 0 Å². The second-order valence-corrected chi connectivity index (χ2v) is 7.62. The van der Waals surface area contributed by atoms with Gasteiger partial charge in [-0.3, -0.25) is 9.59 Å². The van der Waals surface area contributed by atoms with Gasteiger partial charge in [0.25, 0.3) is 5.91 Å². The minimum Gasteiger partial charge on any atom is -0.494 e. The lowest BCUT2D eigenvalue weighted by Crippen LogP contribution is -2.39. The molecule has 3 rings (SSSR count). The minimum absolute atomic E-state index is 0.0552. The topological polar surface area (TPSA) is 58.6 Å². The number of likely N-dealkylation sites (tertiary alicyclic amines) is 1. The number of rotatable bonds is 7. The van der Waals surface area contributed by atoms with E-state index >= 15 is 0 Å². The summed E-state index contributed by atoms with van der Waals surface area (Å²) in [6, 6.07) is 15.5. The van der Waals surface area contributed by atoms with Gasteiger partial charge >= 0.3 is 0 Å². The molecule has 1 saturated heterocycles. The highest BCUT2D eigenvalue weighted by Gasteiger charge is 2.25. The molecule has 2 aromatic carbocycles. The van der Waals surface area contributed by atoms with Crippen LogP contribution in [-0.2, 0) is 11.3 Å². The Bertz CT molecular complexity index is 824. The zero-order valence-corrected chi connectivity index (χ0v) is 17.3. The van der Waals surface area contributed by atoms with Crippen LogP contribution in [0.5, 0.6) is 5.75 Å². The summed E-state index contributed by atoms with van der Waals surface area (Å²) in [6.45, 7) is 6.45. The summed E-state index contributed by atoms with van der Waals surface area (Å²) in [4.78, 5) is 26.9. The molecule has 0 bridgehead atoms. The lowest BCUT2D eigenvalue weighted by Gasteiger charge is -2.32. The summed E-state index contributed by atoms with van der Waals surface area (Å²) in [5.41, 5.74) is 2.87. The molecule has 0 atom stereocenters. The van der Waals surface area contributed by atoms with Crippen molar-refractivity contribution in [1.82, 2.24) is 10.2 Å². The number of benzene rings is 2. The van der Waals surface area contributed by atoms with Gasteiger partial charge in [-0.2, -0.15) is 0 Å². The van der Waals surface area contributed by atoms with E-state index in [0.29, 0.717) is 38.6 Å². The third kappa shape index (κ3) is 5.83. The Labute approximate surface area is 173 Å². The van der Waals surface area contributed by atoms with Crippen molar-refractivity contribution in [3.8, 4) is 5.75 Å². The molecule has 0 spiro atoms. The molecule has 0 saturated carbocycles. The summed E-state index contributed by atoms with van der Waals surface area (Å²) in [5.74, 6) is 1.28. The molecule has 2 aromatic rings. The molecular weight excluding hydrogens is 364 g/mol. The number of nitrogens with zero attached hydrogens (tertiary/aromatic N) is 1. The molecule has 5 heteroatoms. The summed E-state index contributed by atoms with van der Waals surface area (Å²) < 4.78 is 5.61. The first-order chi connectivity index (χ1) is 14.1. The highest BCUT2D eigenvalue weighted by molar-refractivity contribution is 5.94. The van der Waals surface area contributed by atoms with E-state index in [-0.39, 0.29) is 11.8 Å². The normalized spacial score (nSPS) is 14.5. The van der Waals surface area contributed by atoms with Crippen LogP contribution in [0.15, 0.2) is 48.5 Å². The zero-order valence-electron chi connectivity index (χ0n) is 17.3. The first kappa shape index (κ1) is 20.9. The maximum absolute atomic E-state index is 12.6. The fraction of sp³-hybridized carbons (Fsp3) is 0.417. The van der Waals surface area contributed by atoms with Crippen LogP contribution >= 0.6 is 0 Å². The van der Waals surface area contributed by atoms with Crippen LogP contribution in [0.1, 0.15) is 47.7 Å². The van der Waals surface area contributed by atoms with Gasteiger partial charge in [-0.05, 0) is 50.8 Å². The van der Waals surface area contributed by atoms with E-state index in [0.717, 1.165) is 35.3 Å². The van der Waals surface area contributed by atoms with E-state index in [1.807, 2.05) is 67.3 Å². The largest absolute Gasteiger partial charge is 0.494 e. The van der Waals surface area contributed by atoms with Crippen LogP contribution in [0.4, 0.5) is 0 Å². The Morgan fingerprint density at radius 2 is 1.76 bits per heavy atom. The first-order valence-electron chi connectivity index (χ1n) is 10.4. The predicted molar refractivity (Wildman–Crippen MR) is 114 cm³/mol. The third-order valence-corrected chi connectivity index (χ3v) is 5.42. The van der Waals surface area contributed by atoms with E-state index in [1.54, 1.807) is 0 Å². The van der Waals surface area contributed by atoms with Crippen LogP contribution in [0.25, 0.3) is 0 Å². The fourth-order valence-corrected chi connectivity index (χ4v) is 3.69. The van der Waals surface area contributed by atoms with Gasteiger partial charge in [0.15, 0.2) is 0 Å². The molecule has 2 amide bonds. The Balaban J connectivity index is 1.44. The maximum Gasteiger partial charge on any atom is 0.253 e. The van der Waals surface area contributed by atoms with Crippen LogP contribution in [0, 0.1) is 12.8 Å². The van der Waals surface area contributed by atoms with Gasteiger partial charge in [0.05, 0.1) is 6.61 Å². The number of para-hydroxylation sites is 1. The van der Waals surface area contributed by atoms with Crippen LogP contribution in [-0.4, -0.2) is 36.4 Å². The number of hydrogen-bond donors (Lipinski definition) is 1. The molecule has 1 aliphatic heterocycles. The second kappa shape index (κ2) is 10.1. The zero-order chi connectivity index (χ0) is 20.6. The lowest BCUT2D eigenvalue weighted by atomic mass is 9.92. The van der Waals surface area contributed by atoms with Gasteiger partial charge in [-0.25, -0.2) is 0 Å². The van der Waals surface area contributed by atoms with Crippen molar-refractivity contribution >= 4 is 11.8 Å². The molecule has 0 aromatic heterocycles. The predicted octanol–water partition coefficient (Wildman–Crippen LogP) is 3.95. The van der Waals surface area contributed by atoms with Crippen molar-refractivity contribution in [2.24, 2.45) is 5.92 Å². The lowest BCUT2D eigenvalue weighted by molar-refractivity contribution is -0.122. The van der Waals surface area contributed by atoms with Gasteiger partial charge < -0.3 is 15.0 Å². The Hall–Kier alpha value is -2.82. The number of hydrogen-bond acceptors (Lipinski definition) is 3. The van der Waals surface area contributed by atoms with Gasteiger partial charge in [0.2, 0.25) is 5.91 Å². The van der Waals surface area contributed by atoms with Gasteiger partial charge in [0.1, 0.15) is 5.75 Å². The molecule has 1 heterocycles. The Morgan fingerprint density at radius 3 is 2.45 bits per heavy atom. The van der Waals surface area contributed by atoms with Gasteiger partial charge in [-0.15, -0.1) is 0 Å². The smallest absolute Gasteiger partial charge is 0.253 e. The molecule has 5 nitrogen and oxygen atoms in total. The number of ether oxygens (including phenoxy) is 1. The van der Waals surface area contributed by atoms with E-state index in [1.165, 1.54) is 0 Å². The molecule has 0 aliphatic carbocycles. The van der Waals surface area contributed by atoms with Crippen LogP contribution in [0.3, 0.4) is 0 Å². The molecule has 29 heavy (non-hydrogen) atoms. The summed E-state index contributed by atoms with van der Waals surface area (Å²) in [6.07, 6.45) is 2.23. The number of nitrogens with one attached hydrogen (secondary N) is 1. The van der Waals surface area contributed by atoms with Gasteiger partial charge in [0, 0.05) is 37.2 Å². The van der Waals surface area contributed by atoms with E-state index < -0.39 is 0 Å². The second-order valence-electron chi connectivity index (χ2n) is 7.62. The quantitative estimate of drug-likeness (QED) is 0.773. The Kier molecular flexibility index (Phi) is 7.28. The van der Waals surface area contributed by atoms with E-state index in [4.69, 9.17) is 4.74 Å². The van der Waals surface area contributed by atoms with Crippen molar-refractivity contribution in [3.05, 3.63) is 65.2 Å². The molecule has 0 radical (unpaired) electrons. The standard InChI is InChI=1S/C24H30N2O3/c1-3-29-22-7-5-4-6-21(22)17-25-23(27)16-19-12-14-26(15-13-19)24(28)20-10-8-18(2)9-11-20/h4-11,19H,3,12-17H2,1-2H3,(H,25,27). The molecular formula is C24H30N2O3. The van der Waals surface area contributed by atoms with Gasteiger partial charge in [-0.1, -0.05) is 35.9 Å². The molecule has 1 N–H and O–H groups in total. The summed E-state index contributed by atoms with van der Waals surface area (Å²) in [5, 5.41) is 3.01. The molecule has 0 unspecified atom stereocenters. The number of carbonyl (C=O) groups is 2. The monoisotopic (exact) mass is 394 g/mol. The fourth-order valence-electron chi connectivity index (χ4n) is 3.69. The number of piperidine rings is 1. The number of carbonyl (C=O) groups excluding carboxylic acids is 2. The van der Waals surface area contributed by atoms with Crippen molar-refractivity contribution in [2.75, 3.05) is 19.7 Å². The molecule has 154 valence electrons. The van der Waals surface area contributed by atoms with E-state index in [2.05, 4.69) is 5.32 Å². The van der Waals surface area contributed by atoms with Crippen LogP contribution < -0.4 is 10.1 Å².